The molecule has 0 radical (unpaired) electrons. The monoisotopic (exact) mass is 192 g/mol. The maximum atomic E-state index is 5.23. The van der Waals surface area contributed by atoms with Crippen molar-refractivity contribution in [1.82, 2.24) is 0 Å². The molecule has 0 heterocycles. The Labute approximate surface area is 72.8 Å². The maximum Gasteiger partial charge on any atom is 0.320 e. The van der Waals surface area contributed by atoms with Crippen molar-refractivity contribution >= 4 is 17.4 Å². The first-order valence-corrected chi connectivity index (χ1v) is 9.52. The van der Waals surface area contributed by atoms with Gasteiger partial charge in [0.1, 0.15) is 0 Å². The summed E-state index contributed by atoms with van der Waals surface area (Å²) < 4.78 is 10.5. The smallest absolute Gasteiger partial charge is 0.320 e. The van der Waals surface area contributed by atoms with E-state index in [4.69, 9.17) is 8.85 Å². The molecule has 0 aliphatic rings. The summed E-state index contributed by atoms with van der Waals surface area (Å²) in [5.74, 6) is 0. The lowest BCUT2D eigenvalue weighted by Gasteiger charge is -2.18. The molecule has 0 aliphatic heterocycles. The SMILES string of the molecule is CO[SiH](CC[Si](C)(C)C)OC. The number of rotatable bonds is 5. The van der Waals surface area contributed by atoms with Gasteiger partial charge in [-0.25, -0.2) is 0 Å². The summed E-state index contributed by atoms with van der Waals surface area (Å²) in [6.45, 7) is 7.14. The van der Waals surface area contributed by atoms with Crippen LogP contribution in [-0.4, -0.2) is 31.6 Å². The van der Waals surface area contributed by atoms with E-state index in [1.807, 2.05) is 0 Å². The summed E-state index contributed by atoms with van der Waals surface area (Å²) in [6, 6.07) is 2.49. The van der Waals surface area contributed by atoms with Gasteiger partial charge in [0, 0.05) is 22.3 Å². The van der Waals surface area contributed by atoms with E-state index >= 15 is 0 Å². The molecule has 0 rings (SSSR count). The fourth-order valence-electron chi connectivity index (χ4n) is 0.883. The van der Waals surface area contributed by atoms with Gasteiger partial charge in [0.05, 0.1) is 0 Å². The van der Waals surface area contributed by atoms with E-state index in [-0.39, 0.29) is 0 Å². The highest BCUT2D eigenvalue weighted by Crippen LogP contribution is 2.13. The minimum Gasteiger partial charge on any atom is -0.400 e. The molecule has 0 aromatic heterocycles. The van der Waals surface area contributed by atoms with Crippen LogP contribution in [0.2, 0.25) is 31.7 Å². The first-order valence-electron chi connectivity index (χ1n) is 4.05. The molecule has 0 unspecified atom stereocenters. The molecular weight excluding hydrogens is 172 g/mol. The Hall–Kier alpha value is 0.354. The summed E-state index contributed by atoms with van der Waals surface area (Å²) in [7, 11) is 1.37. The summed E-state index contributed by atoms with van der Waals surface area (Å²) in [5.41, 5.74) is 0. The van der Waals surface area contributed by atoms with E-state index < -0.39 is 17.4 Å². The van der Waals surface area contributed by atoms with Gasteiger partial charge in [-0.05, 0) is 6.04 Å². The quantitative estimate of drug-likeness (QED) is 0.619. The molecule has 0 fully saturated rings. The Kier molecular flexibility index (Phi) is 5.24. The highest BCUT2D eigenvalue weighted by molar-refractivity contribution is 6.77. The van der Waals surface area contributed by atoms with Crippen LogP contribution in [0.15, 0.2) is 0 Å². The van der Waals surface area contributed by atoms with Gasteiger partial charge in [0.25, 0.3) is 0 Å². The molecule has 0 N–H and O–H groups in total. The Balaban J connectivity index is 3.51. The number of hydrogen-bond donors (Lipinski definition) is 0. The van der Waals surface area contributed by atoms with Gasteiger partial charge in [-0.15, -0.1) is 0 Å². The second-order valence-electron chi connectivity index (χ2n) is 4.00. The van der Waals surface area contributed by atoms with Crippen LogP contribution in [0, 0.1) is 0 Å². The van der Waals surface area contributed by atoms with Crippen LogP contribution in [-0.2, 0) is 8.85 Å². The highest BCUT2D eigenvalue weighted by Gasteiger charge is 2.17. The third-order valence-corrected chi connectivity index (χ3v) is 5.83. The molecule has 0 aliphatic carbocycles. The summed E-state index contributed by atoms with van der Waals surface area (Å²) in [5, 5.41) is 0. The van der Waals surface area contributed by atoms with Crippen molar-refractivity contribution in [3.8, 4) is 0 Å². The second-order valence-corrected chi connectivity index (χ2v) is 12.0. The van der Waals surface area contributed by atoms with Crippen LogP contribution < -0.4 is 0 Å². The van der Waals surface area contributed by atoms with Crippen LogP contribution in [0.25, 0.3) is 0 Å². The molecule has 0 atom stereocenters. The lowest BCUT2D eigenvalue weighted by atomic mass is 10.9. The highest BCUT2D eigenvalue weighted by atomic mass is 28.3. The molecule has 0 bridgehead atoms. The largest absolute Gasteiger partial charge is 0.400 e. The van der Waals surface area contributed by atoms with Crippen molar-refractivity contribution in [3.05, 3.63) is 0 Å². The zero-order valence-corrected chi connectivity index (χ0v) is 10.5. The molecule has 2 nitrogen and oxygen atoms in total. The van der Waals surface area contributed by atoms with Crippen LogP contribution in [0.5, 0.6) is 0 Å². The van der Waals surface area contributed by atoms with Crippen LogP contribution >= 0.6 is 0 Å². The van der Waals surface area contributed by atoms with Gasteiger partial charge in [0.2, 0.25) is 0 Å². The average Bonchev–Trinajstić information content (AvgIpc) is 1.88. The summed E-state index contributed by atoms with van der Waals surface area (Å²) >= 11 is 0. The maximum absolute atomic E-state index is 5.23. The van der Waals surface area contributed by atoms with Crippen molar-refractivity contribution in [2.45, 2.75) is 31.7 Å². The van der Waals surface area contributed by atoms with Crippen molar-refractivity contribution < 1.29 is 8.85 Å². The Morgan fingerprint density at radius 2 is 1.55 bits per heavy atom. The topological polar surface area (TPSA) is 18.5 Å². The zero-order valence-electron chi connectivity index (χ0n) is 8.31. The zero-order chi connectivity index (χ0) is 8.91. The van der Waals surface area contributed by atoms with Crippen LogP contribution in [0.1, 0.15) is 0 Å². The fourth-order valence-corrected chi connectivity index (χ4v) is 5.95. The average molecular weight is 192 g/mol. The minimum absolute atomic E-state index is 0.878. The third kappa shape index (κ3) is 6.74. The first kappa shape index (κ1) is 11.4. The van der Waals surface area contributed by atoms with Crippen molar-refractivity contribution in [3.63, 3.8) is 0 Å². The fraction of sp³-hybridized carbons (Fsp3) is 1.00. The Morgan fingerprint density at radius 3 is 1.82 bits per heavy atom. The lowest BCUT2D eigenvalue weighted by Crippen LogP contribution is -2.26. The van der Waals surface area contributed by atoms with Gasteiger partial charge in [-0.3, -0.25) is 0 Å². The number of hydrogen-bond acceptors (Lipinski definition) is 2. The first-order chi connectivity index (χ1) is 4.99. The summed E-state index contributed by atoms with van der Waals surface area (Å²) in [4.78, 5) is 0. The van der Waals surface area contributed by atoms with E-state index in [0.29, 0.717) is 0 Å². The molecule has 0 amide bonds. The van der Waals surface area contributed by atoms with Crippen LogP contribution in [0.3, 0.4) is 0 Å². The Morgan fingerprint density at radius 1 is 1.09 bits per heavy atom. The predicted octanol–water partition coefficient (Wildman–Crippen LogP) is 1.84. The molecule has 11 heavy (non-hydrogen) atoms. The molecule has 0 aromatic rings. The molecule has 0 saturated carbocycles. The summed E-state index contributed by atoms with van der Waals surface area (Å²) in [6.07, 6.45) is 0. The molecular formula is C7H20O2Si2. The van der Waals surface area contributed by atoms with E-state index in [1.54, 1.807) is 14.2 Å². The van der Waals surface area contributed by atoms with E-state index in [0.717, 1.165) is 0 Å². The van der Waals surface area contributed by atoms with Gasteiger partial charge >= 0.3 is 9.28 Å². The molecule has 0 saturated heterocycles. The van der Waals surface area contributed by atoms with Crippen molar-refractivity contribution in [2.75, 3.05) is 14.2 Å². The predicted molar refractivity (Wildman–Crippen MR) is 54.1 cm³/mol. The molecule has 4 heteroatoms. The van der Waals surface area contributed by atoms with E-state index in [2.05, 4.69) is 19.6 Å². The van der Waals surface area contributed by atoms with Crippen molar-refractivity contribution in [2.24, 2.45) is 0 Å². The Bertz CT molecular complexity index is 97.1. The van der Waals surface area contributed by atoms with E-state index in [9.17, 15) is 0 Å². The minimum atomic E-state index is -1.26. The van der Waals surface area contributed by atoms with Gasteiger partial charge < -0.3 is 8.85 Å². The van der Waals surface area contributed by atoms with Gasteiger partial charge in [-0.2, -0.15) is 0 Å². The lowest BCUT2D eigenvalue weighted by molar-refractivity contribution is 0.279. The standard InChI is InChI=1S/C7H20O2Si2/c1-8-10(9-2)6-7-11(3,4)5/h10H,6-7H2,1-5H3. The normalized spacial score (nSPS) is 12.5. The third-order valence-electron chi connectivity index (χ3n) is 1.66. The van der Waals surface area contributed by atoms with Gasteiger partial charge in [-0.1, -0.05) is 25.7 Å². The second kappa shape index (κ2) is 5.08. The van der Waals surface area contributed by atoms with Crippen LogP contribution in [0.4, 0.5) is 0 Å². The van der Waals surface area contributed by atoms with E-state index in [1.165, 1.54) is 12.1 Å². The molecule has 0 spiro atoms. The molecule has 0 aromatic carbocycles. The van der Waals surface area contributed by atoms with Gasteiger partial charge in [0.15, 0.2) is 0 Å². The molecule has 68 valence electrons. The van der Waals surface area contributed by atoms with Crippen molar-refractivity contribution in [1.29, 1.82) is 0 Å².